The zero-order valence-electron chi connectivity index (χ0n) is 15.1. The lowest BCUT2D eigenvalue weighted by Crippen LogP contribution is -2.48. The SMILES string of the molecule is C=CC1=C(C=C)C(=O)N(C(CN)COC(=O)c2ccccc2)C1=O.CC. The molecule has 0 saturated heterocycles. The Labute approximate surface area is 153 Å². The van der Waals surface area contributed by atoms with Gasteiger partial charge in [-0.15, -0.1) is 0 Å². The molecule has 0 aromatic heterocycles. The van der Waals surface area contributed by atoms with E-state index in [1.807, 2.05) is 13.8 Å². The second kappa shape index (κ2) is 10.1. The molecular formula is C20H24N2O4. The van der Waals surface area contributed by atoms with Gasteiger partial charge in [-0.25, -0.2) is 4.79 Å². The number of amides is 2. The summed E-state index contributed by atoms with van der Waals surface area (Å²) < 4.78 is 5.19. The van der Waals surface area contributed by atoms with E-state index in [4.69, 9.17) is 10.5 Å². The van der Waals surface area contributed by atoms with Crippen LogP contribution in [0.25, 0.3) is 0 Å². The van der Waals surface area contributed by atoms with E-state index in [0.29, 0.717) is 5.56 Å². The normalized spacial score (nSPS) is 14.5. The van der Waals surface area contributed by atoms with E-state index in [0.717, 1.165) is 4.90 Å². The first-order valence-corrected chi connectivity index (χ1v) is 8.34. The Morgan fingerprint density at radius 3 is 2.04 bits per heavy atom. The van der Waals surface area contributed by atoms with Crippen LogP contribution in [-0.4, -0.2) is 41.9 Å². The maximum atomic E-state index is 12.4. The molecule has 6 nitrogen and oxygen atoms in total. The van der Waals surface area contributed by atoms with E-state index in [9.17, 15) is 14.4 Å². The Hall–Kier alpha value is -2.99. The number of carbonyl (C=O) groups excluding carboxylic acids is 3. The largest absolute Gasteiger partial charge is 0.460 e. The summed E-state index contributed by atoms with van der Waals surface area (Å²) in [6.45, 7) is 10.9. The highest BCUT2D eigenvalue weighted by atomic mass is 16.5. The monoisotopic (exact) mass is 356 g/mol. The third-order valence-electron chi connectivity index (χ3n) is 3.65. The van der Waals surface area contributed by atoms with Crippen molar-refractivity contribution in [2.24, 2.45) is 5.73 Å². The van der Waals surface area contributed by atoms with Crippen molar-refractivity contribution in [2.45, 2.75) is 19.9 Å². The van der Waals surface area contributed by atoms with Crippen molar-refractivity contribution in [3.63, 3.8) is 0 Å². The molecule has 2 amide bonds. The molecule has 0 radical (unpaired) electrons. The number of rotatable bonds is 7. The molecule has 1 heterocycles. The fourth-order valence-electron chi connectivity index (χ4n) is 2.39. The third-order valence-corrected chi connectivity index (χ3v) is 3.65. The van der Waals surface area contributed by atoms with Crippen LogP contribution in [-0.2, 0) is 14.3 Å². The van der Waals surface area contributed by atoms with Gasteiger partial charge in [0.15, 0.2) is 0 Å². The van der Waals surface area contributed by atoms with Gasteiger partial charge in [-0.2, -0.15) is 0 Å². The number of hydrogen-bond acceptors (Lipinski definition) is 5. The summed E-state index contributed by atoms with van der Waals surface area (Å²) in [7, 11) is 0. The number of nitrogens with two attached hydrogens (primary N) is 1. The number of nitrogens with zero attached hydrogens (tertiary/aromatic N) is 1. The van der Waals surface area contributed by atoms with E-state index in [1.54, 1.807) is 30.3 Å². The van der Waals surface area contributed by atoms with Crippen molar-refractivity contribution < 1.29 is 19.1 Å². The summed E-state index contributed by atoms with van der Waals surface area (Å²) >= 11 is 0. The second-order valence-electron chi connectivity index (χ2n) is 5.07. The van der Waals surface area contributed by atoms with Gasteiger partial charge in [-0.05, 0) is 12.1 Å². The number of esters is 1. The first-order valence-electron chi connectivity index (χ1n) is 8.34. The summed E-state index contributed by atoms with van der Waals surface area (Å²) in [5.41, 5.74) is 6.39. The summed E-state index contributed by atoms with van der Waals surface area (Å²) in [5, 5.41) is 0. The van der Waals surface area contributed by atoms with Crippen molar-refractivity contribution in [2.75, 3.05) is 13.2 Å². The Kier molecular flexibility index (Phi) is 8.18. The highest BCUT2D eigenvalue weighted by Gasteiger charge is 2.39. The van der Waals surface area contributed by atoms with Gasteiger partial charge in [0.05, 0.1) is 22.8 Å². The number of benzene rings is 1. The molecule has 2 N–H and O–H groups in total. The molecule has 0 aliphatic carbocycles. The highest BCUT2D eigenvalue weighted by Crippen LogP contribution is 2.24. The van der Waals surface area contributed by atoms with Crippen molar-refractivity contribution in [3.8, 4) is 0 Å². The molecule has 1 aliphatic heterocycles. The number of ether oxygens (including phenoxy) is 1. The summed E-state index contributed by atoms with van der Waals surface area (Å²) in [6.07, 6.45) is 2.61. The van der Waals surface area contributed by atoms with Gasteiger partial charge < -0.3 is 10.5 Å². The lowest BCUT2D eigenvalue weighted by molar-refractivity contribution is -0.140. The Morgan fingerprint density at radius 1 is 1.12 bits per heavy atom. The van der Waals surface area contributed by atoms with Gasteiger partial charge in [0.25, 0.3) is 11.8 Å². The van der Waals surface area contributed by atoms with Crippen LogP contribution in [0.5, 0.6) is 0 Å². The van der Waals surface area contributed by atoms with Crippen molar-refractivity contribution >= 4 is 17.8 Å². The van der Waals surface area contributed by atoms with E-state index in [-0.39, 0.29) is 24.3 Å². The molecule has 2 rings (SSSR count). The minimum absolute atomic E-state index is 0.0333. The van der Waals surface area contributed by atoms with E-state index < -0.39 is 23.8 Å². The average molecular weight is 356 g/mol. The molecule has 1 aliphatic rings. The van der Waals surface area contributed by atoms with Gasteiger partial charge in [-0.1, -0.05) is 57.4 Å². The topological polar surface area (TPSA) is 89.7 Å². The molecular weight excluding hydrogens is 332 g/mol. The summed E-state index contributed by atoms with van der Waals surface area (Å²) in [4.78, 5) is 37.7. The fraction of sp³-hybridized carbons (Fsp3) is 0.250. The van der Waals surface area contributed by atoms with Gasteiger partial charge in [0.2, 0.25) is 0 Å². The van der Waals surface area contributed by atoms with Crippen LogP contribution in [0.3, 0.4) is 0 Å². The Bertz CT molecular complexity index is 693. The third kappa shape index (κ3) is 4.34. The van der Waals surface area contributed by atoms with Crippen molar-refractivity contribution in [1.29, 1.82) is 0 Å². The van der Waals surface area contributed by atoms with Gasteiger partial charge >= 0.3 is 5.97 Å². The summed E-state index contributed by atoms with van der Waals surface area (Å²) in [5.74, 6) is -1.58. The van der Waals surface area contributed by atoms with Crippen LogP contribution in [0, 0.1) is 0 Å². The lowest BCUT2D eigenvalue weighted by atomic mass is 10.1. The van der Waals surface area contributed by atoms with E-state index in [2.05, 4.69) is 13.2 Å². The zero-order chi connectivity index (χ0) is 19.7. The molecule has 0 bridgehead atoms. The highest BCUT2D eigenvalue weighted by molar-refractivity contribution is 6.22. The van der Waals surface area contributed by atoms with Gasteiger partial charge in [0.1, 0.15) is 6.61 Å². The molecule has 6 heteroatoms. The van der Waals surface area contributed by atoms with Crippen LogP contribution < -0.4 is 5.73 Å². The molecule has 26 heavy (non-hydrogen) atoms. The second-order valence-corrected chi connectivity index (χ2v) is 5.07. The van der Waals surface area contributed by atoms with Crippen molar-refractivity contribution in [3.05, 3.63) is 72.4 Å². The molecule has 0 spiro atoms. The molecule has 1 unspecified atom stereocenters. The Morgan fingerprint density at radius 2 is 1.62 bits per heavy atom. The maximum Gasteiger partial charge on any atom is 0.338 e. The smallest absolute Gasteiger partial charge is 0.338 e. The minimum Gasteiger partial charge on any atom is -0.460 e. The Balaban J connectivity index is 0.00000163. The fourth-order valence-corrected chi connectivity index (χ4v) is 2.39. The number of hydrogen-bond donors (Lipinski definition) is 1. The van der Waals surface area contributed by atoms with Gasteiger partial charge in [0, 0.05) is 6.54 Å². The molecule has 1 atom stereocenters. The number of carbonyl (C=O) groups is 3. The van der Waals surface area contributed by atoms with Crippen LogP contribution in [0.4, 0.5) is 0 Å². The maximum absolute atomic E-state index is 12.4. The van der Waals surface area contributed by atoms with E-state index >= 15 is 0 Å². The zero-order valence-corrected chi connectivity index (χ0v) is 15.1. The standard InChI is InChI=1S/C18H18N2O4.C2H6/c1-3-14-15(4-2)17(22)20(16(14)21)13(10-19)11-24-18(23)12-8-6-5-7-9-12;1-2/h3-9,13H,1-2,10-11,19H2;1-2H3. The van der Waals surface area contributed by atoms with Crippen LogP contribution in [0.2, 0.25) is 0 Å². The molecule has 0 saturated carbocycles. The minimum atomic E-state index is -0.759. The molecule has 1 aromatic carbocycles. The summed E-state index contributed by atoms with van der Waals surface area (Å²) in [6, 6.07) is 7.66. The molecule has 0 fully saturated rings. The number of imide groups is 1. The predicted molar refractivity (Wildman–Crippen MR) is 100 cm³/mol. The first-order chi connectivity index (χ1) is 12.5. The van der Waals surface area contributed by atoms with Crippen LogP contribution in [0.1, 0.15) is 24.2 Å². The quantitative estimate of drug-likeness (QED) is 0.598. The van der Waals surface area contributed by atoms with Gasteiger partial charge in [-0.3, -0.25) is 14.5 Å². The van der Waals surface area contributed by atoms with Crippen LogP contribution in [0.15, 0.2) is 66.8 Å². The van der Waals surface area contributed by atoms with E-state index in [1.165, 1.54) is 12.2 Å². The molecule has 1 aromatic rings. The lowest BCUT2D eigenvalue weighted by Gasteiger charge is -2.25. The first kappa shape index (κ1) is 21.1. The average Bonchev–Trinajstić information content (AvgIpc) is 2.94. The predicted octanol–water partition coefficient (Wildman–Crippen LogP) is 2.23. The van der Waals surface area contributed by atoms with Crippen molar-refractivity contribution in [1.82, 2.24) is 4.90 Å². The molecule has 138 valence electrons. The van der Waals surface area contributed by atoms with Crippen LogP contribution >= 0.6 is 0 Å².